The molecule has 0 aliphatic carbocycles. The number of aromatic nitrogens is 4. The van der Waals surface area contributed by atoms with Crippen LogP contribution in [0.15, 0.2) is 54.9 Å². The molecule has 7 heteroatoms. The van der Waals surface area contributed by atoms with Crippen LogP contribution < -0.4 is 5.32 Å². The summed E-state index contributed by atoms with van der Waals surface area (Å²) < 4.78 is 7.43. The minimum atomic E-state index is -0.198. The van der Waals surface area contributed by atoms with Crippen molar-refractivity contribution in [3.63, 3.8) is 0 Å². The van der Waals surface area contributed by atoms with Gasteiger partial charge in [-0.05, 0) is 30.7 Å². The Morgan fingerprint density at radius 1 is 1.16 bits per heavy atom. The van der Waals surface area contributed by atoms with Crippen LogP contribution in [0.1, 0.15) is 22.8 Å². The molecular formula is C18H17N5O2. The van der Waals surface area contributed by atoms with Crippen LogP contribution in [-0.4, -0.2) is 38.9 Å². The van der Waals surface area contributed by atoms with Gasteiger partial charge in [-0.25, -0.2) is 4.98 Å². The quantitative estimate of drug-likeness (QED) is 0.792. The van der Waals surface area contributed by atoms with Crippen molar-refractivity contribution >= 4 is 11.7 Å². The fourth-order valence-corrected chi connectivity index (χ4v) is 2.84. The fraction of sp³-hybridized carbons (Fsp3) is 0.222. The fourth-order valence-electron chi connectivity index (χ4n) is 2.84. The predicted molar refractivity (Wildman–Crippen MR) is 92.1 cm³/mol. The summed E-state index contributed by atoms with van der Waals surface area (Å²) in [6.07, 6.45) is 2.63. The number of nitrogens with one attached hydrogen (secondary N) is 1. The molecule has 1 saturated heterocycles. The van der Waals surface area contributed by atoms with E-state index in [1.807, 2.05) is 34.9 Å². The third-order valence-electron chi connectivity index (χ3n) is 4.13. The largest absolute Gasteiger partial charge is 0.379 e. The number of ether oxygens (including phenoxy) is 1. The summed E-state index contributed by atoms with van der Waals surface area (Å²) in [5.41, 5.74) is 1.25. The zero-order valence-electron chi connectivity index (χ0n) is 13.5. The summed E-state index contributed by atoms with van der Waals surface area (Å²) in [5, 5.41) is 11.0. The standard InChI is InChI=1S/C18H17N5O2/c24-18(13-5-2-1-3-6-13)21-16-8-4-7-15(20-16)17-22-19-12-23(17)14-9-10-25-11-14/h1-8,12,14H,9-11H2,(H,20,21,24). The maximum atomic E-state index is 12.3. The number of pyridine rings is 1. The number of carbonyl (C=O) groups excluding carboxylic acids is 1. The minimum absolute atomic E-state index is 0.198. The van der Waals surface area contributed by atoms with Crippen molar-refractivity contribution in [2.24, 2.45) is 0 Å². The molecule has 0 radical (unpaired) electrons. The number of anilines is 1. The van der Waals surface area contributed by atoms with E-state index in [-0.39, 0.29) is 11.9 Å². The molecule has 1 atom stereocenters. The molecule has 0 bridgehead atoms. The average molecular weight is 335 g/mol. The Labute approximate surface area is 144 Å². The predicted octanol–water partition coefficient (Wildman–Crippen LogP) is 2.55. The van der Waals surface area contributed by atoms with Crippen LogP contribution in [0.25, 0.3) is 11.5 Å². The topological polar surface area (TPSA) is 81.9 Å². The number of hydrogen-bond acceptors (Lipinski definition) is 5. The van der Waals surface area contributed by atoms with Gasteiger partial charge in [0.25, 0.3) is 5.91 Å². The van der Waals surface area contributed by atoms with Crippen molar-refractivity contribution in [2.45, 2.75) is 12.5 Å². The number of hydrogen-bond donors (Lipinski definition) is 1. The zero-order valence-corrected chi connectivity index (χ0v) is 13.5. The normalized spacial score (nSPS) is 16.7. The molecule has 1 aliphatic rings. The van der Waals surface area contributed by atoms with Gasteiger partial charge in [0, 0.05) is 12.2 Å². The van der Waals surface area contributed by atoms with Crippen molar-refractivity contribution in [3.8, 4) is 11.5 Å². The summed E-state index contributed by atoms with van der Waals surface area (Å²) in [7, 11) is 0. The lowest BCUT2D eigenvalue weighted by atomic mass is 10.2. The highest BCUT2D eigenvalue weighted by atomic mass is 16.5. The maximum absolute atomic E-state index is 12.3. The van der Waals surface area contributed by atoms with E-state index in [4.69, 9.17) is 4.74 Å². The Kier molecular flexibility index (Phi) is 4.22. The summed E-state index contributed by atoms with van der Waals surface area (Å²) in [4.78, 5) is 16.8. The number of carbonyl (C=O) groups is 1. The molecule has 1 aromatic carbocycles. The molecule has 1 amide bonds. The second kappa shape index (κ2) is 6.82. The maximum Gasteiger partial charge on any atom is 0.256 e. The number of nitrogens with zero attached hydrogens (tertiary/aromatic N) is 4. The second-order valence-corrected chi connectivity index (χ2v) is 5.81. The SMILES string of the molecule is O=C(Nc1cccc(-c2nncn2C2CCOC2)n1)c1ccccc1. The third-order valence-corrected chi connectivity index (χ3v) is 4.13. The van der Waals surface area contributed by atoms with E-state index in [0.29, 0.717) is 29.5 Å². The molecule has 1 aliphatic heterocycles. The van der Waals surface area contributed by atoms with Crippen molar-refractivity contribution in [2.75, 3.05) is 18.5 Å². The lowest BCUT2D eigenvalue weighted by Crippen LogP contribution is -2.13. The summed E-state index contributed by atoms with van der Waals surface area (Å²) >= 11 is 0. The van der Waals surface area contributed by atoms with Crippen LogP contribution >= 0.6 is 0 Å². The molecule has 3 heterocycles. The first-order valence-corrected chi connectivity index (χ1v) is 8.12. The molecule has 0 spiro atoms. The average Bonchev–Trinajstić information content (AvgIpc) is 3.34. The Balaban J connectivity index is 1.58. The molecule has 1 unspecified atom stereocenters. The molecule has 1 N–H and O–H groups in total. The van der Waals surface area contributed by atoms with Crippen molar-refractivity contribution < 1.29 is 9.53 Å². The van der Waals surface area contributed by atoms with Crippen molar-refractivity contribution in [1.29, 1.82) is 0 Å². The van der Waals surface area contributed by atoms with Crippen LogP contribution in [0, 0.1) is 0 Å². The van der Waals surface area contributed by atoms with Gasteiger partial charge in [-0.15, -0.1) is 10.2 Å². The van der Waals surface area contributed by atoms with Gasteiger partial charge in [-0.1, -0.05) is 24.3 Å². The first kappa shape index (κ1) is 15.5. The van der Waals surface area contributed by atoms with E-state index < -0.39 is 0 Å². The summed E-state index contributed by atoms with van der Waals surface area (Å²) in [6.45, 7) is 1.39. The van der Waals surface area contributed by atoms with Gasteiger partial charge in [-0.3, -0.25) is 4.79 Å². The highest BCUT2D eigenvalue weighted by Crippen LogP contribution is 2.25. The molecule has 126 valence electrons. The molecule has 7 nitrogen and oxygen atoms in total. The van der Waals surface area contributed by atoms with Crippen LogP contribution in [0.2, 0.25) is 0 Å². The molecule has 0 saturated carbocycles. The molecule has 25 heavy (non-hydrogen) atoms. The van der Waals surface area contributed by atoms with E-state index in [2.05, 4.69) is 20.5 Å². The third kappa shape index (κ3) is 3.27. The Hall–Kier alpha value is -3.06. The lowest BCUT2D eigenvalue weighted by molar-refractivity contribution is 0.102. The van der Waals surface area contributed by atoms with Gasteiger partial charge in [0.05, 0.1) is 12.6 Å². The monoisotopic (exact) mass is 335 g/mol. The van der Waals surface area contributed by atoms with Crippen molar-refractivity contribution in [1.82, 2.24) is 19.7 Å². The molecule has 2 aromatic heterocycles. The smallest absolute Gasteiger partial charge is 0.256 e. The first-order chi connectivity index (χ1) is 12.3. The Morgan fingerprint density at radius 3 is 2.84 bits per heavy atom. The molecule has 3 aromatic rings. The highest BCUT2D eigenvalue weighted by Gasteiger charge is 2.22. The summed E-state index contributed by atoms with van der Waals surface area (Å²) in [6, 6.07) is 14.7. The van der Waals surface area contributed by atoms with Gasteiger partial charge in [0.1, 0.15) is 17.8 Å². The van der Waals surface area contributed by atoms with Crippen LogP contribution in [0.4, 0.5) is 5.82 Å². The van der Waals surface area contributed by atoms with Crippen molar-refractivity contribution in [3.05, 3.63) is 60.4 Å². The van der Waals surface area contributed by atoms with E-state index in [0.717, 1.165) is 13.0 Å². The number of amides is 1. The molecule has 1 fully saturated rings. The van der Waals surface area contributed by atoms with Gasteiger partial charge in [0.2, 0.25) is 0 Å². The lowest BCUT2D eigenvalue weighted by Gasteiger charge is -2.12. The van der Waals surface area contributed by atoms with Gasteiger partial charge >= 0.3 is 0 Å². The second-order valence-electron chi connectivity index (χ2n) is 5.81. The Bertz CT molecular complexity index is 872. The number of rotatable bonds is 4. The zero-order chi connectivity index (χ0) is 17.1. The van der Waals surface area contributed by atoms with Crippen LogP contribution in [-0.2, 0) is 4.74 Å². The minimum Gasteiger partial charge on any atom is -0.379 e. The molecule has 4 rings (SSSR count). The van der Waals surface area contributed by atoms with Gasteiger partial charge in [-0.2, -0.15) is 0 Å². The van der Waals surface area contributed by atoms with E-state index in [1.54, 1.807) is 24.5 Å². The van der Waals surface area contributed by atoms with E-state index in [9.17, 15) is 4.79 Å². The van der Waals surface area contributed by atoms with E-state index >= 15 is 0 Å². The molecular weight excluding hydrogens is 318 g/mol. The number of benzene rings is 1. The van der Waals surface area contributed by atoms with E-state index in [1.165, 1.54) is 0 Å². The Morgan fingerprint density at radius 2 is 2.04 bits per heavy atom. The highest BCUT2D eigenvalue weighted by molar-refractivity contribution is 6.03. The van der Waals surface area contributed by atoms with Crippen LogP contribution in [0.5, 0.6) is 0 Å². The summed E-state index contributed by atoms with van der Waals surface area (Å²) in [5.74, 6) is 0.950. The van der Waals surface area contributed by atoms with Gasteiger partial charge < -0.3 is 14.6 Å². The first-order valence-electron chi connectivity index (χ1n) is 8.12. The van der Waals surface area contributed by atoms with Crippen LogP contribution in [0.3, 0.4) is 0 Å². The van der Waals surface area contributed by atoms with Gasteiger partial charge in [0.15, 0.2) is 5.82 Å².